The van der Waals surface area contributed by atoms with Crippen LogP contribution in [0.25, 0.3) is 11.5 Å². The minimum Gasteiger partial charge on any atom is -0.504 e. The van der Waals surface area contributed by atoms with Gasteiger partial charge in [0.05, 0.1) is 11.5 Å². The number of nitrogens with zero attached hydrogens (tertiary/aromatic N) is 2. The standard InChI is InChI=1S/C16H12N2O3/c19-13-7-3-6-11(14(13)20)16-17-15(18-21-16)12-8-9-4-1-2-5-10(9)12/h1-7,12,19-20H,8H2. The Morgan fingerprint density at radius 1 is 1.05 bits per heavy atom. The van der Waals surface area contributed by atoms with Crippen molar-refractivity contribution >= 4 is 0 Å². The Balaban J connectivity index is 1.70. The fraction of sp³-hybridized carbons (Fsp3) is 0.125. The van der Waals surface area contributed by atoms with Gasteiger partial charge in [-0.2, -0.15) is 4.98 Å². The highest BCUT2D eigenvalue weighted by Crippen LogP contribution is 2.40. The van der Waals surface area contributed by atoms with Crippen molar-refractivity contribution in [1.29, 1.82) is 0 Å². The van der Waals surface area contributed by atoms with Gasteiger partial charge in [0.2, 0.25) is 0 Å². The molecule has 1 heterocycles. The van der Waals surface area contributed by atoms with Gasteiger partial charge in [-0.05, 0) is 29.7 Å². The molecule has 1 aliphatic rings. The van der Waals surface area contributed by atoms with Crippen molar-refractivity contribution in [2.45, 2.75) is 12.3 Å². The summed E-state index contributed by atoms with van der Waals surface area (Å²) in [7, 11) is 0. The molecule has 1 atom stereocenters. The Hall–Kier alpha value is -2.82. The number of phenols is 2. The van der Waals surface area contributed by atoms with Crippen LogP contribution in [0, 0.1) is 0 Å². The van der Waals surface area contributed by atoms with Gasteiger partial charge in [-0.3, -0.25) is 0 Å². The van der Waals surface area contributed by atoms with Gasteiger partial charge in [0, 0.05) is 0 Å². The quantitative estimate of drug-likeness (QED) is 0.706. The SMILES string of the molecule is Oc1cccc(-c2nc(C3Cc4ccccc43)no2)c1O. The molecule has 3 aromatic rings. The summed E-state index contributed by atoms with van der Waals surface area (Å²) in [5, 5.41) is 23.4. The Morgan fingerprint density at radius 3 is 2.76 bits per heavy atom. The summed E-state index contributed by atoms with van der Waals surface area (Å²) in [6.45, 7) is 0. The first-order valence-electron chi connectivity index (χ1n) is 6.67. The second kappa shape index (κ2) is 4.34. The van der Waals surface area contributed by atoms with Crippen molar-refractivity contribution in [3.05, 3.63) is 59.4 Å². The average molecular weight is 280 g/mol. The highest BCUT2D eigenvalue weighted by Gasteiger charge is 2.31. The van der Waals surface area contributed by atoms with E-state index in [-0.39, 0.29) is 23.3 Å². The molecule has 0 saturated heterocycles. The lowest BCUT2D eigenvalue weighted by molar-refractivity contribution is 0.395. The van der Waals surface area contributed by atoms with Crippen LogP contribution in [0.1, 0.15) is 22.9 Å². The maximum atomic E-state index is 9.85. The summed E-state index contributed by atoms with van der Waals surface area (Å²) < 4.78 is 5.23. The number of phenolic OH excluding ortho intramolecular Hbond substituents is 2. The van der Waals surface area contributed by atoms with E-state index in [1.54, 1.807) is 12.1 Å². The van der Waals surface area contributed by atoms with E-state index < -0.39 is 0 Å². The second-order valence-corrected chi connectivity index (χ2v) is 5.09. The molecule has 2 aromatic carbocycles. The number of benzene rings is 2. The number of aromatic nitrogens is 2. The Bertz CT molecular complexity index is 826. The molecule has 1 aliphatic carbocycles. The van der Waals surface area contributed by atoms with Gasteiger partial charge in [0.25, 0.3) is 5.89 Å². The molecule has 5 nitrogen and oxygen atoms in total. The van der Waals surface area contributed by atoms with Gasteiger partial charge < -0.3 is 14.7 Å². The van der Waals surface area contributed by atoms with Crippen LogP contribution < -0.4 is 0 Å². The molecule has 0 aliphatic heterocycles. The van der Waals surface area contributed by atoms with Gasteiger partial charge >= 0.3 is 0 Å². The number of hydrogen-bond acceptors (Lipinski definition) is 5. The summed E-state index contributed by atoms with van der Waals surface area (Å²) in [6.07, 6.45) is 0.890. The molecule has 21 heavy (non-hydrogen) atoms. The molecule has 2 N–H and O–H groups in total. The van der Waals surface area contributed by atoms with Crippen molar-refractivity contribution in [3.63, 3.8) is 0 Å². The van der Waals surface area contributed by atoms with Crippen LogP contribution in [-0.2, 0) is 6.42 Å². The summed E-state index contributed by atoms with van der Waals surface area (Å²) >= 11 is 0. The first-order chi connectivity index (χ1) is 10.2. The first kappa shape index (κ1) is 12.0. The maximum absolute atomic E-state index is 9.85. The van der Waals surface area contributed by atoms with Crippen LogP contribution in [0.5, 0.6) is 11.5 Å². The van der Waals surface area contributed by atoms with Crippen LogP contribution in [0.4, 0.5) is 0 Å². The molecular weight excluding hydrogens is 268 g/mol. The lowest BCUT2D eigenvalue weighted by Gasteiger charge is -2.27. The predicted octanol–water partition coefficient (Wildman–Crippen LogP) is 2.84. The van der Waals surface area contributed by atoms with Crippen LogP contribution in [-0.4, -0.2) is 20.4 Å². The van der Waals surface area contributed by atoms with E-state index in [4.69, 9.17) is 4.52 Å². The van der Waals surface area contributed by atoms with E-state index in [0.717, 1.165) is 6.42 Å². The van der Waals surface area contributed by atoms with Crippen molar-refractivity contribution in [3.8, 4) is 23.0 Å². The smallest absolute Gasteiger partial charge is 0.261 e. The lowest BCUT2D eigenvalue weighted by atomic mass is 9.77. The van der Waals surface area contributed by atoms with E-state index >= 15 is 0 Å². The molecule has 4 rings (SSSR count). The fourth-order valence-corrected chi connectivity index (χ4v) is 2.68. The maximum Gasteiger partial charge on any atom is 0.261 e. The predicted molar refractivity (Wildman–Crippen MR) is 75.1 cm³/mol. The van der Waals surface area contributed by atoms with Gasteiger partial charge in [0.15, 0.2) is 17.3 Å². The zero-order valence-corrected chi connectivity index (χ0v) is 11.0. The van der Waals surface area contributed by atoms with Crippen molar-refractivity contribution < 1.29 is 14.7 Å². The Labute approximate surface area is 120 Å². The summed E-state index contributed by atoms with van der Waals surface area (Å²) in [6, 6.07) is 12.8. The van der Waals surface area contributed by atoms with Gasteiger partial charge in [-0.1, -0.05) is 35.5 Å². The van der Waals surface area contributed by atoms with Crippen LogP contribution in [0.2, 0.25) is 0 Å². The molecular formula is C16H12N2O3. The normalized spacial score (nSPS) is 16.3. The number of para-hydroxylation sites is 1. The van der Waals surface area contributed by atoms with Crippen molar-refractivity contribution in [2.24, 2.45) is 0 Å². The van der Waals surface area contributed by atoms with E-state index in [1.165, 1.54) is 17.2 Å². The molecule has 5 heteroatoms. The highest BCUT2D eigenvalue weighted by molar-refractivity contribution is 5.66. The molecule has 0 radical (unpaired) electrons. The average Bonchev–Trinajstić information content (AvgIpc) is 2.92. The molecule has 0 bridgehead atoms. The second-order valence-electron chi connectivity index (χ2n) is 5.09. The molecule has 1 unspecified atom stereocenters. The van der Waals surface area contributed by atoms with Crippen molar-refractivity contribution in [2.75, 3.05) is 0 Å². The zero-order valence-electron chi connectivity index (χ0n) is 11.0. The molecule has 0 saturated carbocycles. The molecule has 1 aromatic heterocycles. The summed E-state index contributed by atoms with van der Waals surface area (Å²) in [5.41, 5.74) is 2.85. The van der Waals surface area contributed by atoms with Gasteiger partial charge in [-0.25, -0.2) is 0 Å². The molecule has 0 spiro atoms. The van der Waals surface area contributed by atoms with Crippen LogP contribution in [0.15, 0.2) is 47.0 Å². The Kier molecular flexibility index (Phi) is 2.47. The number of rotatable bonds is 2. The largest absolute Gasteiger partial charge is 0.504 e. The van der Waals surface area contributed by atoms with E-state index in [2.05, 4.69) is 22.3 Å². The minimum absolute atomic E-state index is 0.137. The summed E-state index contributed by atoms with van der Waals surface area (Å²) in [5.74, 6) is 0.496. The third-order valence-corrected chi connectivity index (χ3v) is 3.85. The van der Waals surface area contributed by atoms with E-state index in [0.29, 0.717) is 11.4 Å². The molecule has 0 fully saturated rings. The van der Waals surface area contributed by atoms with Crippen LogP contribution in [0.3, 0.4) is 0 Å². The van der Waals surface area contributed by atoms with E-state index in [9.17, 15) is 10.2 Å². The minimum atomic E-state index is -0.248. The van der Waals surface area contributed by atoms with Crippen LogP contribution >= 0.6 is 0 Å². The lowest BCUT2D eigenvalue weighted by Crippen LogP contribution is -2.19. The monoisotopic (exact) mass is 280 g/mol. The number of aromatic hydroxyl groups is 2. The molecule has 104 valence electrons. The summed E-state index contributed by atoms with van der Waals surface area (Å²) in [4.78, 5) is 4.35. The highest BCUT2D eigenvalue weighted by atomic mass is 16.5. The van der Waals surface area contributed by atoms with Crippen molar-refractivity contribution in [1.82, 2.24) is 10.1 Å². The third-order valence-electron chi connectivity index (χ3n) is 3.85. The Morgan fingerprint density at radius 2 is 1.90 bits per heavy atom. The van der Waals surface area contributed by atoms with Gasteiger partial charge in [-0.15, -0.1) is 0 Å². The fourth-order valence-electron chi connectivity index (χ4n) is 2.68. The van der Waals surface area contributed by atoms with Gasteiger partial charge in [0.1, 0.15) is 0 Å². The molecule has 0 amide bonds. The zero-order chi connectivity index (χ0) is 14.4. The van der Waals surface area contributed by atoms with E-state index in [1.807, 2.05) is 12.1 Å². The number of fused-ring (bicyclic) bond motifs is 1. The topological polar surface area (TPSA) is 79.4 Å². The first-order valence-corrected chi connectivity index (χ1v) is 6.67. The third kappa shape index (κ3) is 1.78. The number of hydrogen-bond donors (Lipinski definition) is 2.